The zero-order chi connectivity index (χ0) is 17.3. The number of nitrogens with zero attached hydrogens (tertiary/aromatic N) is 1. The number of aliphatic carboxylic acids is 1. The largest absolute Gasteiger partial charge is 0.479 e. The first-order valence-electron chi connectivity index (χ1n) is 7.90. The lowest BCUT2D eigenvalue weighted by Crippen LogP contribution is -2.59. The van der Waals surface area contributed by atoms with Crippen molar-refractivity contribution in [3.05, 3.63) is 47.7 Å². The lowest BCUT2D eigenvalue weighted by atomic mass is 9.88. The Morgan fingerprint density at radius 2 is 2.00 bits per heavy atom. The zero-order valence-corrected chi connectivity index (χ0v) is 13.5. The second-order valence-corrected chi connectivity index (χ2v) is 6.36. The molecule has 0 spiro atoms. The highest BCUT2D eigenvalue weighted by Crippen LogP contribution is 2.27. The van der Waals surface area contributed by atoms with Gasteiger partial charge in [0.25, 0.3) is 0 Å². The van der Waals surface area contributed by atoms with Crippen LogP contribution in [-0.4, -0.2) is 51.0 Å². The molecule has 128 valence electrons. The Bertz CT molecular complexity index is 723. The minimum Gasteiger partial charge on any atom is -0.479 e. The summed E-state index contributed by atoms with van der Waals surface area (Å²) in [6.07, 6.45) is -1.34. The number of carboxylic acid groups (broad SMARTS) is 1. The van der Waals surface area contributed by atoms with Crippen LogP contribution in [0.3, 0.4) is 0 Å². The van der Waals surface area contributed by atoms with Crippen LogP contribution < -0.4 is 0 Å². The van der Waals surface area contributed by atoms with Crippen LogP contribution in [0.4, 0.5) is 0 Å². The third-order valence-electron chi connectivity index (χ3n) is 4.54. The zero-order valence-electron chi connectivity index (χ0n) is 13.5. The van der Waals surface area contributed by atoms with Gasteiger partial charge in [0.15, 0.2) is 5.60 Å². The molecule has 3 N–H and O–H groups in total. The Morgan fingerprint density at radius 3 is 2.62 bits per heavy atom. The van der Waals surface area contributed by atoms with Crippen LogP contribution in [-0.2, 0) is 11.3 Å². The minimum absolute atomic E-state index is 0.0188. The molecule has 0 saturated carbocycles. The summed E-state index contributed by atoms with van der Waals surface area (Å²) in [4.78, 5) is 13.0. The molecular formula is C18H21NO5. The standard InChI is InChI=1S/C18H21NO5/c1-12-2-4-13(5-3-12)15-7-6-14(24-15)10-19-9-8-18(23,17(21)22)16(20)11-19/h2-7,16,20,23H,8-11H2,1H3,(H,21,22)/t16-,18+/m0/s1. The predicted molar refractivity (Wildman–Crippen MR) is 87.4 cm³/mol. The van der Waals surface area contributed by atoms with E-state index in [9.17, 15) is 15.0 Å². The Morgan fingerprint density at radius 1 is 1.29 bits per heavy atom. The highest BCUT2D eigenvalue weighted by atomic mass is 16.4. The van der Waals surface area contributed by atoms with E-state index in [-0.39, 0.29) is 13.0 Å². The molecule has 2 atom stereocenters. The molecule has 0 bridgehead atoms. The molecule has 24 heavy (non-hydrogen) atoms. The number of β-amino-alcohol motifs (C(OH)–C–C–N with tert-alkyl or cyclic N) is 1. The van der Waals surface area contributed by atoms with Gasteiger partial charge in [-0.1, -0.05) is 29.8 Å². The molecule has 0 aliphatic carbocycles. The molecule has 1 aliphatic heterocycles. The van der Waals surface area contributed by atoms with Gasteiger partial charge in [-0.2, -0.15) is 0 Å². The first-order chi connectivity index (χ1) is 11.4. The van der Waals surface area contributed by atoms with Crippen LogP contribution in [0.2, 0.25) is 0 Å². The number of aliphatic hydroxyl groups excluding tert-OH is 1. The fraction of sp³-hybridized carbons (Fsp3) is 0.389. The second-order valence-electron chi connectivity index (χ2n) is 6.36. The van der Waals surface area contributed by atoms with Crippen LogP contribution in [0.1, 0.15) is 17.7 Å². The van der Waals surface area contributed by atoms with E-state index in [2.05, 4.69) is 0 Å². The van der Waals surface area contributed by atoms with Crippen LogP contribution in [0.25, 0.3) is 11.3 Å². The summed E-state index contributed by atoms with van der Waals surface area (Å²) in [6, 6.07) is 11.8. The van der Waals surface area contributed by atoms with E-state index in [0.717, 1.165) is 17.1 Å². The summed E-state index contributed by atoms with van der Waals surface area (Å²) in [5, 5.41) is 29.0. The molecule has 0 amide bonds. The summed E-state index contributed by atoms with van der Waals surface area (Å²) in [6.45, 7) is 2.94. The van der Waals surface area contributed by atoms with E-state index in [1.54, 1.807) is 0 Å². The number of likely N-dealkylation sites (tertiary alicyclic amines) is 1. The van der Waals surface area contributed by atoms with E-state index in [0.29, 0.717) is 13.1 Å². The number of carboxylic acids is 1. The molecular weight excluding hydrogens is 310 g/mol. The molecule has 6 nitrogen and oxygen atoms in total. The van der Waals surface area contributed by atoms with Crippen LogP contribution in [0.15, 0.2) is 40.8 Å². The maximum Gasteiger partial charge on any atom is 0.338 e. The molecule has 6 heteroatoms. The van der Waals surface area contributed by atoms with Crippen LogP contribution >= 0.6 is 0 Å². The van der Waals surface area contributed by atoms with Gasteiger partial charge in [0.1, 0.15) is 17.6 Å². The predicted octanol–water partition coefficient (Wildman–Crippen LogP) is 1.64. The average Bonchev–Trinajstić information content (AvgIpc) is 3.00. The summed E-state index contributed by atoms with van der Waals surface area (Å²) in [7, 11) is 0. The summed E-state index contributed by atoms with van der Waals surface area (Å²) < 4.78 is 5.84. The third kappa shape index (κ3) is 3.21. The van der Waals surface area contributed by atoms with Crippen molar-refractivity contribution in [3.63, 3.8) is 0 Å². The van der Waals surface area contributed by atoms with E-state index in [1.165, 1.54) is 5.56 Å². The van der Waals surface area contributed by atoms with E-state index < -0.39 is 17.7 Å². The van der Waals surface area contributed by atoms with Gasteiger partial charge in [-0.15, -0.1) is 0 Å². The molecule has 1 saturated heterocycles. The van der Waals surface area contributed by atoms with Crippen LogP contribution in [0, 0.1) is 6.92 Å². The summed E-state index contributed by atoms with van der Waals surface area (Å²) >= 11 is 0. The number of aryl methyl sites for hydroxylation is 1. The van der Waals surface area contributed by atoms with Crippen molar-refractivity contribution >= 4 is 5.97 Å². The van der Waals surface area contributed by atoms with Gasteiger partial charge in [0.05, 0.1) is 6.54 Å². The minimum atomic E-state index is -2.06. The lowest BCUT2D eigenvalue weighted by molar-refractivity contribution is -0.181. The van der Waals surface area contributed by atoms with Crippen molar-refractivity contribution in [1.29, 1.82) is 0 Å². The Balaban J connectivity index is 1.66. The van der Waals surface area contributed by atoms with Gasteiger partial charge >= 0.3 is 5.97 Å². The SMILES string of the molecule is Cc1ccc(-c2ccc(CN3CC[C@](O)(C(=O)O)[C@@H](O)C3)o2)cc1. The van der Waals surface area contributed by atoms with Crippen molar-refractivity contribution in [3.8, 4) is 11.3 Å². The lowest BCUT2D eigenvalue weighted by Gasteiger charge is -2.38. The number of carbonyl (C=O) groups is 1. The van der Waals surface area contributed by atoms with Gasteiger partial charge in [0.2, 0.25) is 0 Å². The Hall–Kier alpha value is -2.15. The highest BCUT2D eigenvalue weighted by molar-refractivity contribution is 5.78. The maximum absolute atomic E-state index is 11.1. The molecule has 2 aromatic rings. The normalized spacial score (nSPS) is 24.9. The first-order valence-corrected chi connectivity index (χ1v) is 7.90. The molecule has 2 heterocycles. The number of rotatable bonds is 4. The first kappa shape index (κ1) is 16.7. The molecule has 3 rings (SSSR count). The smallest absolute Gasteiger partial charge is 0.338 e. The van der Waals surface area contributed by atoms with Crippen LogP contribution in [0.5, 0.6) is 0 Å². The van der Waals surface area contributed by atoms with E-state index in [4.69, 9.17) is 9.52 Å². The van der Waals surface area contributed by atoms with E-state index in [1.807, 2.05) is 48.2 Å². The second kappa shape index (κ2) is 6.39. The van der Waals surface area contributed by atoms with Crippen molar-refractivity contribution in [2.45, 2.75) is 31.6 Å². The summed E-state index contributed by atoms with van der Waals surface area (Å²) in [5.74, 6) is 0.123. The number of hydrogen-bond acceptors (Lipinski definition) is 5. The van der Waals surface area contributed by atoms with Crippen molar-refractivity contribution in [1.82, 2.24) is 4.90 Å². The fourth-order valence-electron chi connectivity index (χ4n) is 2.93. The van der Waals surface area contributed by atoms with Gasteiger partial charge < -0.3 is 19.7 Å². The summed E-state index contributed by atoms with van der Waals surface area (Å²) in [5.41, 5.74) is 0.108. The fourth-order valence-corrected chi connectivity index (χ4v) is 2.93. The Kier molecular flexibility index (Phi) is 4.45. The number of furan rings is 1. The molecule has 0 unspecified atom stereocenters. The highest BCUT2D eigenvalue weighted by Gasteiger charge is 2.47. The van der Waals surface area contributed by atoms with Gasteiger partial charge in [-0.05, 0) is 19.1 Å². The maximum atomic E-state index is 11.1. The molecule has 1 fully saturated rings. The number of piperidine rings is 1. The van der Waals surface area contributed by atoms with Gasteiger partial charge in [-0.3, -0.25) is 4.90 Å². The van der Waals surface area contributed by atoms with Gasteiger partial charge in [0, 0.05) is 25.1 Å². The molecule has 1 aromatic carbocycles. The molecule has 1 aromatic heterocycles. The topological polar surface area (TPSA) is 94.1 Å². The number of hydrogen-bond donors (Lipinski definition) is 3. The number of benzene rings is 1. The van der Waals surface area contributed by atoms with Gasteiger partial charge in [-0.25, -0.2) is 4.79 Å². The average molecular weight is 331 g/mol. The van der Waals surface area contributed by atoms with Crippen molar-refractivity contribution < 1.29 is 24.5 Å². The van der Waals surface area contributed by atoms with Crippen molar-refractivity contribution in [2.75, 3.05) is 13.1 Å². The monoisotopic (exact) mass is 331 g/mol. The number of aliphatic hydroxyl groups is 2. The molecule has 1 aliphatic rings. The van der Waals surface area contributed by atoms with Crippen molar-refractivity contribution in [2.24, 2.45) is 0 Å². The Labute approximate surface area is 140 Å². The third-order valence-corrected chi connectivity index (χ3v) is 4.54. The quantitative estimate of drug-likeness (QED) is 0.788. The van der Waals surface area contributed by atoms with E-state index >= 15 is 0 Å². The molecule has 0 radical (unpaired) electrons.